The van der Waals surface area contributed by atoms with Crippen molar-refractivity contribution in [3.63, 3.8) is 0 Å². The zero-order valence-electron chi connectivity index (χ0n) is 15.5. The standard InChI is InChI=1S/C23H19F3O3/c24-23(25,26)19-11-10-16(21(27)28)14-20(19)29-22(12-3-4-13-22)18-9-5-7-15-6-1-2-8-17(15)18/h1-2,5-11,14H,3-4,12-13H2,(H,27,28). The van der Waals surface area contributed by atoms with Crippen LogP contribution in [-0.2, 0) is 11.8 Å². The van der Waals surface area contributed by atoms with Crippen LogP contribution in [0.4, 0.5) is 13.2 Å². The number of carboxylic acids is 1. The van der Waals surface area contributed by atoms with Gasteiger partial charge in [0.05, 0.1) is 11.1 Å². The van der Waals surface area contributed by atoms with Crippen LogP contribution in [0.1, 0.15) is 47.2 Å². The molecule has 0 radical (unpaired) electrons. The monoisotopic (exact) mass is 400 g/mol. The second-order valence-electron chi connectivity index (χ2n) is 7.34. The lowest BCUT2D eigenvalue weighted by atomic mass is 9.87. The molecule has 6 heteroatoms. The first-order valence-corrected chi connectivity index (χ1v) is 9.42. The van der Waals surface area contributed by atoms with Crippen LogP contribution in [0.5, 0.6) is 5.75 Å². The molecule has 0 saturated heterocycles. The zero-order chi connectivity index (χ0) is 20.6. The van der Waals surface area contributed by atoms with E-state index in [0.717, 1.165) is 47.4 Å². The van der Waals surface area contributed by atoms with Gasteiger partial charge in [0.1, 0.15) is 11.4 Å². The molecule has 3 aromatic carbocycles. The molecule has 3 nitrogen and oxygen atoms in total. The molecule has 0 atom stereocenters. The SMILES string of the molecule is O=C(O)c1ccc(C(F)(F)F)c(OC2(c3cccc4ccccc34)CCCC2)c1. The van der Waals surface area contributed by atoms with E-state index in [9.17, 15) is 23.1 Å². The number of carboxylic acid groups (broad SMARTS) is 1. The summed E-state index contributed by atoms with van der Waals surface area (Å²) < 4.78 is 46.9. The molecule has 1 N–H and O–H groups in total. The molecule has 0 bridgehead atoms. The first-order chi connectivity index (χ1) is 13.8. The van der Waals surface area contributed by atoms with E-state index in [1.165, 1.54) is 0 Å². The van der Waals surface area contributed by atoms with E-state index in [1.54, 1.807) is 0 Å². The van der Waals surface area contributed by atoms with Gasteiger partial charge in [-0.25, -0.2) is 4.79 Å². The van der Waals surface area contributed by atoms with Gasteiger partial charge in [-0.05, 0) is 54.7 Å². The summed E-state index contributed by atoms with van der Waals surface area (Å²) in [7, 11) is 0. The summed E-state index contributed by atoms with van der Waals surface area (Å²) in [5, 5.41) is 11.2. The third-order valence-electron chi connectivity index (χ3n) is 5.53. The Labute approximate surface area is 165 Å². The molecule has 150 valence electrons. The largest absolute Gasteiger partial charge is 0.482 e. The van der Waals surface area contributed by atoms with Crippen LogP contribution in [0, 0.1) is 0 Å². The number of ether oxygens (including phenoxy) is 1. The van der Waals surface area contributed by atoms with E-state index in [0.29, 0.717) is 12.8 Å². The summed E-state index contributed by atoms with van der Waals surface area (Å²) >= 11 is 0. The molecule has 0 spiro atoms. The number of hydrogen-bond donors (Lipinski definition) is 1. The van der Waals surface area contributed by atoms with Crippen molar-refractivity contribution in [2.45, 2.75) is 37.5 Å². The van der Waals surface area contributed by atoms with Gasteiger partial charge in [0.2, 0.25) is 0 Å². The molecule has 1 saturated carbocycles. The Bertz CT molecular complexity index is 1060. The normalized spacial score (nSPS) is 16.1. The number of fused-ring (bicyclic) bond motifs is 1. The van der Waals surface area contributed by atoms with Crippen LogP contribution in [0.15, 0.2) is 60.7 Å². The number of carbonyl (C=O) groups is 1. The highest BCUT2D eigenvalue weighted by molar-refractivity contribution is 5.88. The number of hydrogen-bond acceptors (Lipinski definition) is 2. The Morgan fingerprint density at radius 1 is 0.966 bits per heavy atom. The van der Waals surface area contributed by atoms with Crippen LogP contribution >= 0.6 is 0 Å². The van der Waals surface area contributed by atoms with Gasteiger partial charge in [0.15, 0.2) is 0 Å². The van der Waals surface area contributed by atoms with Crippen molar-refractivity contribution >= 4 is 16.7 Å². The number of aromatic carboxylic acids is 1. The van der Waals surface area contributed by atoms with Crippen molar-refractivity contribution < 1.29 is 27.8 Å². The van der Waals surface area contributed by atoms with Gasteiger partial charge in [-0.3, -0.25) is 0 Å². The lowest BCUT2D eigenvalue weighted by Crippen LogP contribution is -2.31. The number of benzene rings is 3. The molecule has 1 aliphatic carbocycles. The van der Waals surface area contributed by atoms with E-state index in [4.69, 9.17) is 4.74 Å². The molecule has 0 aromatic heterocycles. The molecule has 0 unspecified atom stereocenters. The summed E-state index contributed by atoms with van der Waals surface area (Å²) in [5.41, 5.74) is -1.30. The quantitative estimate of drug-likeness (QED) is 0.551. The minimum Gasteiger partial charge on any atom is -0.482 e. The Morgan fingerprint density at radius 3 is 2.34 bits per heavy atom. The second kappa shape index (κ2) is 7.10. The van der Waals surface area contributed by atoms with Crippen LogP contribution in [0.25, 0.3) is 10.8 Å². The molecule has 3 aromatic rings. The van der Waals surface area contributed by atoms with Gasteiger partial charge in [-0.2, -0.15) is 13.2 Å². The Kier molecular flexibility index (Phi) is 4.73. The topological polar surface area (TPSA) is 46.5 Å². The molecular weight excluding hydrogens is 381 g/mol. The fourth-order valence-electron chi connectivity index (χ4n) is 4.18. The van der Waals surface area contributed by atoms with Gasteiger partial charge >= 0.3 is 12.1 Å². The summed E-state index contributed by atoms with van der Waals surface area (Å²) in [4.78, 5) is 11.3. The van der Waals surface area contributed by atoms with E-state index < -0.39 is 29.1 Å². The van der Waals surface area contributed by atoms with Gasteiger partial charge < -0.3 is 9.84 Å². The molecule has 0 amide bonds. The molecular formula is C23H19F3O3. The summed E-state index contributed by atoms with van der Waals surface area (Å²) in [6.45, 7) is 0. The van der Waals surface area contributed by atoms with Crippen LogP contribution < -0.4 is 4.74 Å². The predicted octanol–water partition coefficient (Wildman–Crippen LogP) is 6.41. The number of alkyl halides is 3. The maximum atomic E-state index is 13.6. The predicted molar refractivity (Wildman–Crippen MR) is 103 cm³/mol. The Balaban J connectivity index is 1.88. The average molecular weight is 400 g/mol. The maximum Gasteiger partial charge on any atom is 0.419 e. The van der Waals surface area contributed by atoms with Gasteiger partial charge in [0.25, 0.3) is 0 Å². The maximum absolute atomic E-state index is 13.6. The van der Waals surface area contributed by atoms with Crippen molar-refractivity contribution in [1.29, 1.82) is 0 Å². The highest BCUT2D eigenvalue weighted by atomic mass is 19.4. The van der Waals surface area contributed by atoms with E-state index in [1.807, 2.05) is 42.5 Å². The summed E-state index contributed by atoms with van der Waals surface area (Å²) in [6, 6.07) is 16.1. The van der Waals surface area contributed by atoms with Crippen LogP contribution in [0.3, 0.4) is 0 Å². The highest BCUT2D eigenvalue weighted by Gasteiger charge is 2.42. The molecule has 29 heavy (non-hydrogen) atoms. The van der Waals surface area contributed by atoms with Crippen LogP contribution in [0.2, 0.25) is 0 Å². The highest BCUT2D eigenvalue weighted by Crippen LogP contribution is 2.47. The van der Waals surface area contributed by atoms with Crippen molar-refractivity contribution in [1.82, 2.24) is 0 Å². The summed E-state index contributed by atoms with van der Waals surface area (Å²) in [5.74, 6) is -1.73. The first kappa shape index (κ1) is 19.3. The fraction of sp³-hybridized carbons (Fsp3) is 0.261. The minimum absolute atomic E-state index is 0.237. The Morgan fingerprint density at radius 2 is 1.66 bits per heavy atom. The molecule has 0 aliphatic heterocycles. The van der Waals surface area contributed by atoms with Crippen molar-refractivity contribution in [2.75, 3.05) is 0 Å². The first-order valence-electron chi connectivity index (χ1n) is 9.42. The van der Waals surface area contributed by atoms with Gasteiger partial charge in [-0.1, -0.05) is 42.5 Å². The lowest BCUT2D eigenvalue weighted by Gasteiger charge is -2.33. The fourth-order valence-corrected chi connectivity index (χ4v) is 4.18. The number of rotatable bonds is 4. The lowest BCUT2D eigenvalue weighted by molar-refractivity contribution is -0.140. The third kappa shape index (κ3) is 3.55. The molecule has 0 heterocycles. The van der Waals surface area contributed by atoms with Crippen molar-refractivity contribution in [2.24, 2.45) is 0 Å². The molecule has 4 rings (SSSR count). The zero-order valence-corrected chi connectivity index (χ0v) is 15.5. The van der Waals surface area contributed by atoms with Crippen molar-refractivity contribution in [3.05, 3.63) is 77.4 Å². The average Bonchev–Trinajstić information content (AvgIpc) is 3.16. The van der Waals surface area contributed by atoms with E-state index >= 15 is 0 Å². The van der Waals surface area contributed by atoms with Crippen LogP contribution in [-0.4, -0.2) is 11.1 Å². The van der Waals surface area contributed by atoms with Gasteiger partial charge in [0, 0.05) is 5.56 Å². The van der Waals surface area contributed by atoms with E-state index in [-0.39, 0.29) is 5.56 Å². The third-order valence-corrected chi connectivity index (χ3v) is 5.53. The molecule has 1 aliphatic rings. The molecule has 1 fully saturated rings. The second-order valence-corrected chi connectivity index (χ2v) is 7.34. The summed E-state index contributed by atoms with van der Waals surface area (Å²) in [6.07, 6.45) is -1.87. The van der Waals surface area contributed by atoms with Crippen molar-refractivity contribution in [3.8, 4) is 5.75 Å². The smallest absolute Gasteiger partial charge is 0.419 e. The minimum atomic E-state index is -4.65. The number of halogens is 3. The Hall–Kier alpha value is -3.02. The van der Waals surface area contributed by atoms with Gasteiger partial charge in [-0.15, -0.1) is 0 Å². The van der Waals surface area contributed by atoms with E-state index in [2.05, 4.69) is 0 Å².